The normalized spacial score (nSPS) is 27.4. The zero-order valence-electron chi connectivity index (χ0n) is 11.4. The number of rotatable bonds is 2. The average Bonchev–Trinajstić information content (AvgIpc) is 3.12. The van der Waals surface area contributed by atoms with Gasteiger partial charge in [0.15, 0.2) is 5.11 Å². The number of carbonyl (C=O) groups excluding carboxylic acids is 1. The molecular formula is C14H19N3OS2. The SMILES string of the molecule is Cc1ccc(C(=O)NNC(=S)N[C@@H]2C[C@H]3CC[C@@H]2C3)s1. The maximum absolute atomic E-state index is 11.9. The van der Waals surface area contributed by atoms with Gasteiger partial charge < -0.3 is 5.32 Å². The highest BCUT2D eigenvalue weighted by Gasteiger charge is 2.39. The summed E-state index contributed by atoms with van der Waals surface area (Å²) in [5, 5.41) is 3.85. The number of nitrogens with one attached hydrogen (secondary N) is 3. The van der Waals surface area contributed by atoms with E-state index in [1.807, 2.05) is 19.1 Å². The van der Waals surface area contributed by atoms with Crippen molar-refractivity contribution in [3.05, 3.63) is 21.9 Å². The largest absolute Gasteiger partial charge is 0.358 e. The number of hydrogen-bond donors (Lipinski definition) is 3. The van der Waals surface area contributed by atoms with Gasteiger partial charge in [0.1, 0.15) is 0 Å². The van der Waals surface area contributed by atoms with Crippen LogP contribution >= 0.6 is 23.6 Å². The third kappa shape index (κ3) is 2.96. The number of hydrogen-bond acceptors (Lipinski definition) is 3. The number of thiocarbonyl (C=S) groups is 1. The predicted molar refractivity (Wildman–Crippen MR) is 84.6 cm³/mol. The summed E-state index contributed by atoms with van der Waals surface area (Å²) in [5.74, 6) is 1.50. The van der Waals surface area contributed by atoms with Gasteiger partial charge in [-0.05, 0) is 62.4 Å². The predicted octanol–water partition coefficient (Wildman–Crippen LogP) is 2.35. The van der Waals surface area contributed by atoms with Crippen molar-refractivity contribution in [3.63, 3.8) is 0 Å². The molecule has 108 valence electrons. The first-order chi connectivity index (χ1) is 9.61. The van der Waals surface area contributed by atoms with Gasteiger partial charge in [-0.25, -0.2) is 0 Å². The van der Waals surface area contributed by atoms with Crippen molar-refractivity contribution >= 4 is 34.6 Å². The van der Waals surface area contributed by atoms with Crippen LogP contribution in [0, 0.1) is 18.8 Å². The molecule has 1 aromatic heterocycles. The molecule has 0 aliphatic heterocycles. The molecule has 0 aromatic carbocycles. The number of aryl methyl sites for hydroxylation is 1. The standard InChI is InChI=1S/C14H19N3OS2/c1-8-2-5-12(20-8)13(18)16-17-14(19)15-11-7-9-3-4-10(11)6-9/h2,5,9-11H,3-4,6-7H2,1H3,(H,16,18)(H2,15,17,19)/t9-,10+,11+/m0/s1. The fourth-order valence-corrected chi connectivity index (χ4v) is 4.32. The van der Waals surface area contributed by atoms with Gasteiger partial charge in [-0.2, -0.15) is 0 Å². The molecule has 1 heterocycles. The minimum absolute atomic E-state index is 0.139. The van der Waals surface area contributed by atoms with Gasteiger partial charge in [-0.3, -0.25) is 15.6 Å². The van der Waals surface area contributed by atoms with Crippen molar-refractivity contribution < 1.29 is 4.79 Å². The van der Waals surface area contributed by atoms with Crippen LogP contribution in [-0.4, -0.2) is 17.1 Å². The van der Waals surface area contributed by atoms with Crippen molar-refractivity contribution in [2.45, 2.75) is 38.6 Å². The zero-order valence-corrected chi connectivity index (χ0v) is 13.1. The quantitative estimate of drug-likeness (QED) is 0.580. The lowest BCUT2D eigenvalue weighted by Crippen LogP contribution is -2.50. The maximum Gasteiger partial charge on any atom is 0.279 e. The van der Waals surface area contributed by atoms with E-state index in [1.54, 1.807) is 0 Å². The molecule has 3 atom stereocenters. The molecule has 2 fully saturated rings. The molecule has 2 saturated carbocycles. The van der Waals surface area contributed by atoms with Crippen LogP contribution in [0.2, 0.25) is 0 Å². The molecule has 0 radical (unpaired) electrons. The van der Waals surface area contributed by atoms with E-state index in [1.165, 1.54) is 37.0 Å². The summed E-state index contributed by atoms with van der Waals surface area (Å²) in [7, 11) is 0. The minimum atomic E-state index is -0.139. The first-order valence-electron chi connectivity index (χ1n) is 7.05. The number of carbonyl (C=O) groups is 1. The molecule has 1 amide bonds. The molecule has 3 rings (SSSR count). The van der Waals surface area contributed by atoms with Crippen LogP contribution < -0.4 is 16.2 Å². The average molecular weight is 309 g/mol. The molecule has 0 saturated heterocycles. The molecule has 0 spiro atoms. The molecule has 20 heavy (non-hydrogen) atoms. The molecule has 4 nitrogen and oxygen atoms in total. The highest BCUT2D eigenvalue weighted by Crippen LogP contribution is 2.44. The Morgan fingerprint density at radius 2 is 2.15 bits per heavy atom. The first kappa shape index (κ1) is 13.8. The van der Waals surface area contributed by atoms with Crippen LogP contribution in [-0.2, 0) is 0 Å². The van der Waals surface area contributed by atoms with Crippen LogP contribution in [0.4, 0.5) is 0 Å². The monoisotopic (exact) mass is 309 g/mol. The minimum Gasteiger partial charge on any atom is -0.358 e. The first-order valence-corrected chi connectivity index (χ1v) is 8.27. The Morgan fingerprint density at radius 1 is 1.30 bits per heavy atom. The topological polar surface area (TPSA) is 53.2 Å². The fraction of sp³-hybridized carbons (Fsp3) is 0.571. The van der Waals surface area contributed by atoms with E-state index in [0.717, 1.165) is 16.7 Å². The second-order valence-electron chi connectivity index (χ2n) is 5.74. The third-order valence-corrected chi connectivity index (χ3v) is 5.53. The summed E-state index contributed by atoms with van der Waals surface area (Å²) >= 11 is 6.72. The van der Waals surface area contributed by atoms with Gasteiger partial charge in [-0.15, -0.1) is 11.3 Å². The van der Waals surface area contributed by atoms with Crippen LogP contribution in [0.1, 0.15) is 40.2 Å². The van der Waals surface area contributed by atoms with Crippen LogP contribution in [0.5, 0.6) is 0 Å². The molecule has 0 unspecified atom stereocenters. The Labute approximate surface area is 128 Å². The highest BCUT2D eigenvalue weighted by molar-refractivity contribution is 7.80. The van der Waals surface area contributed by atoms with Crippen molar-refractivity contribution in [1.29, 1.82) is 0 Å². The molecule has 3 N–H and O–H groups in total. The Kier molecular flexibility index (Phi) is 3.94. The Balaban J connectivity index is 1.44. The summed E-state index contributed by atoms with van der Waals surface area (Å²) in [4.78, 5) is 13.7. The molecular weight excluding hydrogens is 290 g/mol. The zero-order chi connectivity index (χ0) is 14.1. The number of thiophene rings is 1. The van der Waals surface area contributed by atoms with Crippen LogP contribution in [0.25, 0.3) is 0 Å². The Bertz CT molecular complexity index is 528. The van der Waals surface area contributed by atoms with Gasteiger partial charge in [0.2, 0.25) is 0 Å². The van der Waals surface area contributed by atoms with E-state index in [-0.39, 0.29) is 5.91 Å². The van der Waals surface area contributed by atoms with E-state index in [4.69, 9.17) is 12.2 Å². The van der Waals surface area contributed by atoms with Gasteiger partial charge >= 0.3 is 0 Å². The van der Waals surface area contributed by atoms with E-state index >= 15 is 0 Å². The number of fused-ring (bicyclic) bond motifs is 2. The second-order valence-corrected chi connectivity index (χ2v) is 7.44. The van der Waals surface area contributed by atoms with Crippen molar-refractivity contribution in [1.82, 2.24) is 16.2 Å². The van der Waals surface area contributed by atoms with Crippen LogP contribution in [0.15, 0.2) is 12.1 Å². The second kappa shape index (κ2) is 5.69. The lowest BCUT2D eigenvalue weighted by molar-refractivity contribution is 0.0947. The fourth-order valence-electron chi connectivity index (χ4n) is 3.36. The lowest BCUT2D eigenvalue weighted by Gasteiger charge is -2.24. The maximum atomic E-state index is 11.9. The Morgan fingerprint density at radius 3 is 2.75 bits per heavy atom. The molecule has 6 heteroatoms. The van der Waals surface area contributed by atoms with Gasteiger partial charge in [-0.1, -0.05) is 6.42 Å². The van der Waals surface area contributed by atoms with Gasteiger partial charge in [0.25, 0.3) is 5.91 Å². The van der Waals surface area contributed by atoms with Crippen LogP contribution in [0.3, 0.4) is 0 Å². The van der Waals surface area contributed by atoms with Crippen molar-refractivity contribution in [2.75, 3.05) is 0 Å². The summed E-state index contributed by atoms with van der Waals surface area (Å²) in [6.07, 6.45) is 5.23. The molecule has 1 aromatic rings. The van der Waals surface area contributed by atoms with E-state index < -0.39 is 0 Å². The van der Waals surface area contributed by atoms with Gasteiger partial charge in [0.05, 0.1) is 4.88 Å². The smallest absolute Gasteiger partial charge is 0.279 e. The molecule has 2 aliphatic carbocycles. The van der Waals surface area contributed by atoms with E-state index in [2.05, 4.69) is 16.2 Å². The summed E-state index contributed by atoms with van der Waals surface area (Å²) < 4.78 is 0. The Hall–Kier alpha value is -1.14. The summed E-state index contributed by atoms with van der Waals surface area (Å²) in [5.41, 5.74) is 5.45. The highest BCUT2D eigenvalue weighted by atomic mass is 32.1. The number of amides is 1. The van der Waals surface area contributed by atoms with Crippen molar-refractivity contribution in [3.8, 4) is 0 Å². The summed E-state index contributed by atoms with van der Waals surface area (Å²) in [6.45, 7) is 1.98. The van der Waals surface area contributed by atoms with E-state index in [9.17, 15) is 4.79 Å². The summed E-state index contributed by atoms with van der Waals surface area (Å²) in [6, 6.07) is 4.24. The number of hydrazine groups is 1. The third-order valence-electron chi connectivity index (χ3n) is 4.31. The van der Waals surface area contributed by atoms with E-state index in [0.29, 0.717) is 16.0 Å². The molecule has 2 bridgehead atoms. The molecule has 2 aliphatic rings. The lowest BCUT2D eigenvalue weighted by atomic mass is 9.96. The van der Waals surface area contributed by atoms with Crippen molar-refractivity contribution in [2.24, 2.45) is 11.8 Å². The van der Waals surface area contributed by atoms with Gasteiger partial charge in [0, 0.05) is 10.9 Å².